The number of hydrogen-bond acceptors (Lipinski definition) is 3. The fourth-order valence-corrected chi connectivity index (χ4v) is 3.68. The molecule has 2 atom stereocenters. The standard InChI is InChI=1S/C22H24N2O/c1-17-6-8-21(24(15-17)20-10-12-23-13-11-20)16-25-22-9-7-18-4-2-3-5-19(18)14-22/h2-5,7,9-14,17,21H,6,8,15-16H2,1H3. The van der Waals surface area contributed by atoms with Crippen LogP contribution in [-0.2, 0) is 0 Å². The fourth-order valence-electron chi connectivity index (χ4n) is 3.68. The summed E-state index contributed by atoms with van der Waals surface area (Å²) >= 11 is 0. The third-order valence-corrected chi connectivity index (χ3v) is 5.10. The van der Waals surface area contributed by atoms with Crippen LogP contribution in [0.4, 0.5) is 5.69 Å². The molecule has 1 aromatic heterocycles. The van der Waals surface area contributed by atoms with Gasteiger partial charge in [0.1, 0.15) is 12.4 Å². The molecule has 2 aromatic carbocycles. The summed E-state index contributed by atoms with van der Waals surface area (Å²) in [5, 5.41) is 2.48. The van der Waals surface area contributed by atoms with Gasteiger partial charge in [-0.25, -0.2) is 0 Å². The van der Waals surface area contributed by atoms with Crippen LogP contribution in [0.3, 0.4) is 0 Å². The van der Waals surface area contributed by atoms with Gasteiger partial charge >= 0.3 is 0 Å². The molecule has 3 aromatic rings. The Kier molecular flexibility index (Phi) is 4.55. The van der Waals surface area contributed by atoms with E-state index >= 15 is 0 Å². The molecular formula is C22H24N2O. The minimum Gasteiger partial charge on any atom is -0.491 e. The lowest BCUT2D eigenvalue weighted by Crippen LogP contribution is -2.46. The first-order chi connectivity index (χ1) is 12.3. The molecule has 0 saturated carbocycles. The van der Waals surface area contributed by atoms with E-state index in [1.54, 1.807) is 0 Å². The van der Waals surface area contributed by atoms with Crippen LogP contribution in [0.1, 0.15) is 19.8 Å². The number of anilines is 1. The summed E-state index contributed by atoms with van der Waals surface area (Å²) in [5.41, 5.74) is 1.24. The number of rotatable bonds is 4. The lowest BCUT2D eigenvalue weighted by atomic mass is 9.94. The molecule has 25 heavy (non-hydrogen) atoms. The molecule has 1 aliphatic rings. The molecule has 128 valence electrons. The first-order valence-corrected chi connectivity index (χ1v) is 9.08. The average Bonchev–Trinajstić information content (AvgIpc) is 2.67. The second-order valence-corrected chi connectivity index (χ2v) is 7.01. The number of pyridine rings is 1. The molecule has 3 heteroatoms. The molecule has 0 aliphatic carbocycles. The first-order valence-electron chi connectivity index (χ1n) is 9.08. The zero-order chi connectivity index (χ0) is 17.1. The minimum atomic E-state index is 0.407. The van der Waals surface area contributed by atoms with Gasteiger partial charge in [-0.15, -0.1) is 0 Å². The van der Waals surface area contributed by atoms with Gasteiger partial charge in [0.15, 0.2) is 0 Å². The molecular weight excluding hydrogens is 308 g/mol. The highest BCUT2D eigenvalue weighted by atomic mass is 16.5. The van der Waals surface area contributed by atoms with Gasteiger partial charge in [0.25, 0.3) is 0 Å². The Morgan fingerprint density at radius 1 is 1.00 bits per heavy atom. The van der Waals surface area contributed by atoms with Gasteiger partial charge in [0.05, 0.1) is 6.04 Å². The number of benzene rings is 2. The van der Waals surface area contributed by atoms with Crippen molar-refractivity contribution in [1.29, 1.82) is 0 Å². The third-order valence-electron chi connectivity index (χ3n) is 5.10. The lowest BCUT2D eigenvalue weighted by Gasteiger charge is -2.40. The molecule has 2 unspecified atom stereocenters. The van der Waals surface area contributed by atoms with Crippen molar-refractivity contribution >= 4 is 16.5 Å². The van der Waals surface area contributed by atoms with E-state index in [1.807, 2.05) is 12.4 Å². The van der Waals surface area contributed by atoms with Crippen molar-refractivity contribution in [2.24, 2.45) is 5.92 Å². The third kappa shape index (κ3) is 3.60. The molecule has 0 bridgehead atoms. The van der Waals surface area contributed by atoms with Crippen LogP contribution in [0.25, 0.3) is 10.8 Å². The topological polar surface area (TPSA) is 25.4 Å². The van der Waals surface area contributed by atoms with Crippen molar-refractivity contribution in [3.05, 3.63) is 67.0 Å². The maximum absolute atomic E-state index is 6.18. The normalized spacial score (nSPS) is 20.6. The summed E-state index contributed by atoms with van der Waals surface area (Å²) in [6, 6.07) is 19.3. The summed E-state index contributed by atoms with van der Waals surface area (Å²) in [6.07, 6.45) is 6.16. The van der Waals surface area contributed by atoms with Gasteiger partial charge in [0.2, 0.25) is 0 Å². The Balaban J connectivity index is 1.49. The van der Waals surface area contributed by atoms with Crippen LogP contribution in [0, 0.1) is 5.92 Å². The van der Waals surface area contributed by atoms with E-state index < -0.39 is 0 Å². The predicted molar refractivity (Wildman–Crippen MR) is 103 cm³/mol. The van der Waals surface area contributed by atoms with Gasteiger partial charge in [0, 0.05) is 24.6 Å². The van der Waals surface area contributed by atoms with Crippen LogP contribution < -0.4 is 9.64 Å². The first kappa shape index (κ1) is 15.9. The van der Waals surface area contributed by atoms with E-state index in [2.05, 4.69) is 71.4 Å². The summed E-state index contributed by atoms with van der Waals surface area (Å²) in [6.45, 7) is 4.12. The van der Waals surface area contributed by atoms with Crippen molar-refractivity contribution < 1.29 is 4.74 Å². The second kappa shape index (κ2) is 7.14. The molecule has 4 rings (SSSR count). The number of piperidine rings is 1. The molecule has 0 amide bonds. The molecule has 1 fully saturated rings. The number of aromatic nitrogens is 1. The maximum Gasteiger partial charge on any atom is 0.120 e. The van der Waals surface area contributed by atoms with E-state index in [0.29, 0.717) is 18.6 Å². The highest BCUT2D eigenvalue weighted by Crippen LogP contribution is 2.28. The second-order valence-electron chi connectivity index (χ2n) is 7.01. The Labute approximate surface area is 149 Å². The molecule has 3 nitrogen and oxygen atoms in total. The zero-order valence-electron chi connectivity index (χ0n) is 14.6. The quantitative estimate of drug-likeness (QED) is 0.678. The molecule has 1 aliphatic heterocycles. The van der Waals surface area contributed by atoms with Crippen molar-refractivity contribution in [1.82, 2.24) is 4.98 Å². The summed E-state index contributed by atoms with van der Waals surface area (Å²) in [4.78, 5) is 6.63. The fraction of sp³-hybridized carbons (Fsp3) is 0.318. The van der Waals surface area contributed by atoms with Crippen LogP contribution in [0.5, 0.6) is 5.75 Å². The van der Waals surface area contributed by atoms with E-state index in [1.165, 1.54) is 22.9 Å². The summed E-state index contributed by atoms with van der Waals surface area (Å²) < 4.78 is 6.18. The largest absolute Gasteiger partial charge is 0.491 e. The molecule has 1 saturated heterocycles. The zero-order valence-corrected chi connectivity index (χ0v) is 14.6. The van der Waals surface area contributed by atoms with Gasteiger partial charge in [-0.3, -0.25) is 4.98 Å². The Morgan fingerprint density at radius 3 is 2.64 bits per heavy atom. The van der Waals surface area contributed by atoms with Crippen LogP contribution in [0.15, 0.2) is 67.0 Å². The smallest absolute Gasteiger partial charge is 0.120 e. The van der Waals surface area contributed by atoms with Crippen molar-refractivity contribution in [3.63, 3.8) is 0 Å². The van der Waals surface area contributed by atoms with Gasteiger partial charge < -0.3 is 9.64 Å². The lowest BCUT2D eigenvalue weighted by molar-refractivity contribution is 0.245. The molecule has 0 radical (unpaired) electrons. The van der Waals surface area contributed by atoms with E-state index in [0.717, 1.165) is 18.7 Å². The monoisotopic (exact) mass is 332 g/mol. The van der Waals surface area contributed by atoms with E-state index in [4.69, 9.17) is 4.74 Å². The Bertz CT molecular complexity index is 834. The van der Waals surface area contributed by atoms with E-state index in [-0.39, 0.29) is 0 Å². The number of nitrogens with zero attached hydrogens (tertiary/aromatic N) is 2. The predicted octanol–water partition coefficient (Wildman–Crippen LogP) is 4.92. The highest BCUT2D eigenvalue weighted by Gasteiger charge is 2.27. The molecule has 2 heterocycles. The molecule has 0 N–H and O–H groups in total. The van der Waals surface area contributed by atoms with Gasteiger partial charge in [-0.2, -0.15) is 0 Å². The summed E-state index contributed by atoms with van der Waals surface area (Å²) in [5.74, 6) is 1.66. The van der Waals surface area contributed by atoms with Gasteiger partial charge in [-0.05, 0) is 53.8 Å². The maximum atomic E-state index is 6.18. The van der Waals surface area contributed by atoms with E-state index in [9.17, 15) is 0 Å². The highest BCUT2D eigenvalue weighted by molar-refractivity contribution is 5.83. The van der Waals surface area contributed by atoms with Crippen molar-refractivity contribution in [2.75, 3.05) is 18.1 Å². The van der Waals surface area contributed by atoms with Crippen LogP contribution in [-0.4, -0.2) is 24.2 Å². The van der Waals surface area contributed by atoms with Crippen molar-refractivity contribution in [2.45, 2.75) is 25.8 Å². The summed E-state index contributed by atoms with van der Waals surface area (Å²) in [7, 11) is 0. The molecule has 0 spiro atoms. The Morgan fingerprint density at radius 2 is 1.80 bits per heavy atom. The number of hydrogen-bond donors (Lipinski definition) is 0. The van der Waals surface area contributed by atoms with Crippen molar-refractivity contribution in [3.8, 4) is 5.75 Å². The van der Waals surface area contributed by atoms with Gasteiger partial charge in [-0.1, -0.05) is 37.3 Å². The number of ether oxygens (including phenoxy) is 1. The minimum absolute atomic E-state index is 0.407. The number of fused-ring (bicyclic) bond motifs is 1. The van der Waals surface area contributed by atoms with Crippen LogP contribution in [0.2, 0.25) is 0 Å². The average molecular weight is 332 g/mol. The Hall–Kier alpha value is -2.55. The van der Waals surface area contributed by atoms with Crippen LogP contribution >= 0.6 is 0 Å². The SMILES string of the molecule is CC1CCC(COc2ccc3ccccc3c2)N(c2ccncc2)C1.